The molecule has 0 heterocycles. The van der Waals surface area contributed by atoms with E-state index in [-0.39, 0.29) is 6.54 Å². The molecule has 0 aromatic heterocycles. The molecule has 0 aliphatic heterocycles. The highest BCUT2D eigenvalue weighted by atomic mass is 35.5. The molecule has 0 atom stereocenters. The van der Waals surface area contributed by atoms with Gasteiger partial charge in [-0.25, -0.2) is 4.79 Å². The average molecular weight is 315 g/mol. The molecule has 0 unspecified atom stereocenters. The summed E-state index contributed by atoms with van der Waals surface area (Å²) >= 11 is 5.84. The first kappa shape index (κ1) is 17.1. The fraction of sp³-hybridized carbons (Fsp3) is 0.429. The summed E-state index contributed by atoms with van der Waals surface area (Å²) in [5.74, 6) is 0.0410. The lowest BCUT2D eigenvalue weighted by molar-refractivity contribution is -0.150. The van der Waals surface area contributed by atoms with Gasteiger partial charge in [0.05, 0.1) is 12.5 Å². The van der Waals surface area contributed by atoms with Crippen molar-refractivity contribution in [2.24, 2.45) is 5.41 Å². The smallest absolute Gasteiger partial charge is 0.347 e. The molecular weight excluding hydrogens is 296 g/mol. The zero-order valence-electron chi connectivity index (χ0n) is 12.5. The minimum absolute atomic E-state index is 0.114. The molecule has 0 spiro atoms. The quantitative estimate of drug-likeness (QED) is 0.646. The molecule has 0 saturated heterocycles. The predicted octanol–water partition coefficient (Wildman–Crippen LogP) is 2.44. The first-order chi connectivity index (χ1) is 9.76. The Labute approximate surface area is 128 Å². The Hall–Kier alpha value is -1.95. The number of amides is 2. The van der Waals surface area contributed by atoms with Gasteiger partial charge in [0.15, 0.2) is 5.75 Å². The topological polar surface area (TPSA) is 76.7 Å². The summed E-state index contributed by atoms with van der Waals surface area (Å²) in [7, 11) is 1.30. The van der Waals surface area contributed by atoms with Crippen LogP contribution in [0, 0.1) is 12.3 Å². The largest absolute Gasteiger partial charge is 0.469 e. The first-order valence-corrected chi connectivity index (χ1v) is 6.69. The van der Waals surface area contributed by atoms with Crippen LogP contribution in [0.1, 0.15) is 19.4 Å². The lowest BCUT2D eigenvalue weighted by Gasteiger charge is -2.21. The van der Waals surface area contributed by atoms with Gasteiger partial charge in [-0.2, -0.15) is 5.48 Å². The Morgan fingerprint density at radius 3 is 2.62 bits per heavy atom. The van der Waals surface area contributed by atoms with Crippen molar-refractivity contribution in [3.63, 3.8) is 0 Å². The van der Waals surface area contributed by atoms with E-state index in [2.05, 4.69) is 15.5 Å². The Morgan fingerprint density at radius 2 is 2.00 bits per heavy atom. The van der Waals surface area contributed by atoms with Crippen molar-refractivity contribution < 1.29 is 19.2 Å². The number of methoxy groups -OCH3 is 1. The molecule has 0 radical (unpaired) electrons. The van der Waals surface area contributed by atoms with Gasteiger partial charge in [0.25, 0.3) is 0 Å². The van der Waals surface area contributed by atoms with E-state index in [0.29, 0.717) is 10.8 Å². The number of rotatable bonds is 5. The number of hydroxylamine groups is 1. The van der Waals surface area contributed by atoms with Gasteiger partial charge in [0.1, 0.15) is 0 Å². The number of carbonyl (C=O) groups is 2. The molecule has 0 aliphatic carbocycles. The highest BCUT2D eigenvalue weighted by Gasteiger charge is 2.29. The maximum absolute atomic E-state index is 11.6. The van der Waals surface area contributed by atoms with E-state index in [1.54, 1.807) is 32.0 Å². The van der Waals surface area contributed by atoms with Crippen molar-refractivity contribution in [2.75, 3.05) is 13.7 Å². The Balaban J connectivity index is 2.48. The van der Waals surface area contributed by atoms with Crippen LogP contribution in [0.15, 0.2) is 18.2 Å². The van der Waals surface area contributed by atoms with Gasteiger partial charge in [-0.3, -0.25) is 4.79 Å². The minimum atomic E-state index is -0.821. The van der Waals surface area contributed by atoms with E-state index in [1.165, 1.54) is 7.11 Å². The van der Waals surface area contributed by atoms with E-state index in [0.717, 1.165) is 5.56 Å². The average Bonchev–Trinajstić information content (AvgIpc) is 2.45. The number of hydrogen-bond donors (Lipinski definition) is 2. The molecule has 1 rings (SSSR count). The van der Waals surface area contributed by atoms with Gasteiger partial charge in [-0.1, -0.05) is 17.7 Å². The van der Waals surface area contributed by atoms with Crippen LogP contribution in [0.3, 0.4) is 0 Å². The van der Waals surface area contributed by atoms with Crippen molar-refractivity contribution in [3.05, 3.63) is 28.8 Å². The van der Waals surface area contributed by atoms with Crippen LogP contribution in [0.4, 0.5) is 4.79 Å². The number of nitrogens with one attached hydrogen (secondary N) is 2. The van der Waals surface area contributed by atoms with Gasteiger partial charge in [-0.15, -0.1) is 0 Å². The molecule has 0 bridgehead atoms. The molecule has 0 saturated carbocycles. The maximum atomic E-state index is 11.6. The summed E-state index contributed by atoms with van der Waals surface area (Å²) in [5, 5.41) is 3.04. The van der Waals surface area contributed by atoms with Crippen LogP contribution in [-0.4, -0.2) is 25.7 Å². The third-order valence-corrected chi connectivity index (χ3v) is 3.07. The number of aryl methyl sites for hydroxylation is 1. The minimum Gasteiger partial charge on any atom is -0.469 e. The fourth-order valence-electron chi connectivity index (χ4n) is 1.47. The molecule has 116 valence electrons. The first-order valence-electron chi connectivity index (χ1n) is 6.31. The van der Waals surface area contributed by atoms with E-state index in [4.69, 9.17) is 16.4 Å². The Morgan fingerprint density at radius 1 is 1.33 bits per heavy atom. The van der Waals surface area contributed by atoms with Crippen molar-refractivity contribution in [1.82, 2.24) is 10.8 Å². The molecule has 2 N–H and O–H groups in total. The molecule has 1 aromatic rings. The third-order valence-electron chi connectivity index (χ3n) is 2.83. The van der Waals surface area contributed by atoms with Gasteiger partial charge in [0.2, 0.25) is 0 Å². The van der Waals surface area contributed by atoms with E-state index in [9.17, 15) is 9.59 Å². The normalized spacial score (nSPS) is 10.7. The van der Waals surface area contributed by atoms with Crippen LogP contribution >= 0.6 is 11.6 Å². The second-order valence-corrected chi connectivity index (χ2v) is 5.61. The highest BCUT2D eigenvalue weighted by Crippen LogP contribution is 2.21. The summed E-state index contributed by atoms with van der Waals surface area (Å²) in [6, 6.07) is 4.53. The number of halogens is 1. The van der Waals surface area contributed by atoms with E-state index in [1.807, 2.05) is 6.92 Å². The van der Waals surface area contributed by atoms with Gasteiger partial charge in [-0.05, 0) is 32.4 Å². The summed E-state index contributed by atoms with van der Waals surface area (Å²) in [6.45, 7) is 5.27. The molecule has 0 fully saturated rings. The Bertz CT molecular complexity index is 532. The van der Waals surface area contributed by atoms with Crippen LogP contribution < -0.4 is 15.6 Å². The monoisotopic (exact) mass is 314 g/mol. The van der Waals surface area contributed by atoms with E-state index >= 15 is 0 Å². The van der Waals surface area contributed by atoms with E-state index < -0.39 is 17.4 Å². The van der Waals surface area contributed by atoms with Gasteiger partial charge in [0, 0.05) is 17.6 Å². The summed E-state index contributed by atoms with van der Waals surface area (Å²) in [5.41, 5.74) is 2.24. The van der Waals surface area contributed by atoms with Crippen LogP contribution in [0.5, 0.6) is 5.75 Å². The highest BCUT2D eigenvalue weighted by molar-refractivity contribution is 6.30. The lowest BCUT2D eigenvalue weighted by Crippen LogP contribution is -2.44. The molecular formula is C14H19ClN2O4. The second kappa shape index (κ2) is 7.17. The van der Waals surface area contributed by atoms with Crippen molar-refractivity contribution >= 4 is 23.6 Å². The molecule has 7 heteroatoms. The number of ether oxygens (including phenoxy) is 1. The number of urea groups is 1. The third kappa shape index (κ3) is 5.15. The maximum Gasteiger partial charge on any atom is 0.347 e. The number of esters is 1. The molecule has 0 aliphatic rings. The van der Waals surface area contributed by atoms with Crippen molar-refractivity contribution in [1.29, 1.82) is 0 Å². The lowest BCUT2D eigenvalue weighted by atomic mass is 9.94. The van der Waals surface area contributed by atoms with Crippen LogP contribution in [0.25, 0.3) is 0 Å². The zero-order chi connectivity index (χ0) is 16.0. The summed E-state index contributed by atoms with van der Waals surface area (Å²) in [4.78, 5) is 28.3. The summed E-state index contributed by atoms with van der Waals surface area (Å²) < 4.78 is 4.65. The van der Waals surface area contributed by atoms with Gasteiger partial charge >= 0.3 is 12.0 Å². The molecule has 21 heavy (non-hydrogen) atoms. The SMILES string of the molecule is COC(=O)C(C)(C)CNC(=O)NOc1cc(Cl)ccc1C. The molecule has 2 amide bonds. The second-order valence-electron chi connectivity index (χ2n) is 5.17. The predicted molar refractivity (Wildman–Crippen MR) is 79.1 cm³/mol. The standard InChI is InChI=1S/C14H19ClN2O4/c1-9-5-6-10(15)7-11(9)21-17-13(19)16-8-14(2,3)12(18)20-4/h5-7H,8H2,1-4H3,(H2,16,17,19). The van der Waals surface area contributed by atoms with Gasteiger partial charge < -0.3 is 14.9 Å². The molecule has 1 aromatic carbocycles. The van der Waals surface area contributed by atoms with Crippen molar-refractivity contribution in [3.8, 4) is 5.75 Å². The van der Waals surface area contributed by atoms with Crippen LogP contribution in [-0.2, 0) is 9.53 Å². The zero-order valence-corrected chi connectivity index (χ0v) is 13.2. The number of benzene rings is 1. The van der Waals surface area contributed by atoms with Crippen LogP contribution in [0.2, 0.25) is 5.02 Å². The van der Waals surface area contributed by atoms with Crippen molar-refractivity contribution in [2.45, 2.75) is 20.8 Å². The Kier molecular flexibility index (Phi) is 5.84. The molecule has 6 nitrogen and oxygen atoms in total. The number of carbonyl (C=O) groups excluding carboxylic acids is 2. The number of hydrogen-bond acceptors (Lipinski definition) is 4. The fourth-order valence-corrected chi connectivity index (χ4v) is 1.63. The summed E-state index contributed by atoms with van der Waals surface area (Å²) in [6.07, 6.45) is 0.